The van der Waals surface area contributed by atoms with E-state index < -0.39 is 0 Å². The van der Waals surface area contributed by atoms with Gasteiger partial charge in [0.1, 0.15) is 0 Å². The van der Waals surface area contributed by atoms with Crippen molar-refractivity contribution in [3.63, 3.8) is 0 Å². The normalized spacial score (nSPS) is 10.5. The van der Waals surface area contributed by atoms with E-state index in [4.69, 9.17) is 11.6 Å². The predicted octanol–water partition coefficient (Wildman–Crippen LogP) is 4.25. The molecule has 4 nitrogen and oxygen atoms in total. The molecule has 2 aromatic carbocycles. The van der Waals surface area contributed by atoms with Gasteiger partial charge >= 0.3 is 0 Å². The lowest BCUT2D eigenvalue weighted by atomic mass is 10.2. The van der Waals surface area contributed by atoms with Crippen molar-refractivity contribution in [2.45, 2.75) is 6.92 Å². The monoisotopic (exact) mass is 325 g/mol. The number of pyridine rings is 1. The fraction of sp³-hybridized carbons (Fsp3) is 0.111. The van der Waals surface area contributed by atoms with Crippen molar-refractivity contribution >= 4 is 39.8 Å². The minimum Gasteiger partial charge on any atom is -0.374 e. The van der Waals surface area contributed by atoms with Crippen LogP contribution in [0, 0.1) is 6.92 Å². The maximum Gasteiger partial charge on any atom is 0.243 e. The number of aryl methyl sites for hydroxylation is 1. The summed E-state index contributed by atoms with van der Waals surface area (Å²) < 4.78 is 0. The van der Waals surface area contributed by atoms with E-state index in [9.17, 15) is 4.79 Å². The molecule has 3 rings (SSSR count). The first-order valence-electron chi connectivity index (χ1n) is 7.27. The van der Waals surface area contributed by atoms with Gasteiger partial charge in [-0.1, -0.05) is 35.9 Å². The second kappa shape index (κ2) is 6.67. The van der Waals surface area contributed by atoms with Crippen LogP contribution >= 0.6 is 11.6 Å². The zero-order valence-corrected chi connectivity index (χ0v) is 13.4. The largest absolute Gasteiger partial charge is 0.374 e. The number of hydrogen-bond acceptors (Lipinski definition) is 3. The highest BCUT2D eigenvalue weighted by Crippen LogP contribution is 2.21. The van der Waals surface area contributed by atoms with Gasteiger partial charge in [0.05, 0.1) is 17.7 Å². The van der Waals surface area contributed by atoms with E-state index in [-0.39, 0.29) is 12.5 Å². The van der Waals surface area contributed by atoms with Gasteiger partial charge in [0.2, 0.25) is 5.91 Å². The molecule has 2 N–H and O–H groups in total. The molecule has 0 aliphatic carbocycles. The molecule has 0 aliphatic heterocycles. The van der Waals surface area contributed by atoms with Crippen LogP contribution < -0.4 is 10.6 Å². The van der Waals surface area contributed by atoms with Crippen LogP contribution in [0.5, 0.6) is 0 Å². The average Bonchev–Trinajstić information content (AvgIpc) is 2.56. The van der Waals surface area contributed by atoms with Crippen LogP contribution in [0.3, 0.4) is 0 Å². The van der Waals surface area contributed by atoms with Crippen molar-refractivity contribution in [2.75, 3.05) is 17.2 Å². The fourth-order valence-corrected chi connectivity index (χ4v) is 2.52. The number of benzene rings is 2. The molecule has 3 aromatic rings. The Morgan fingerprint density at radius 1 is 1.13 bits per heavy atom. The van der Waals surface area contributed by atoms with Crippen molar-refractivity contribution in [1.82, 2.24) is 4.98 Å². The van der Waals surface area contributed by atoms with E-state index in [0.29, 0.717) is 5.02 Å². The summed E-state index contributed by atoms with van der Waals surface area (Å²) in [7, 11) is 0. The van der Waals surface area contributed by atoms with Gasteiger partial charge in [-0.3, -0.25) is 9.78 Å². The van der Waals surface area contributed by atoms with Gasteiger partial charge in [0, 0.05) is 22.3 Å². The van der Waals surface area contributed by atoms with Crippen LogP contribution in [-0.2, 0) is 4.79 Å². The standard InChI is InChI=1S/C18H16ClN3O/c1-12-7-8-14(19)10-16(12)22-17(23)11-21-15-6-2-4-13-5-3-9-20-18(13)15/h2-10,21H,11H2,1H3,(H,22,23). The highest BCUT2D eigenvalue weighted by atomic mass is 35.5. The molecule has 0 radical (unpaired) electrons. The Hall–Kier alpha value is -2.59. The highest BCUT2D eigenvalue weighted by molar-refractivity contribution is 6.31. The summed E-state index contributed by atoms with van der Waals surface area (Å²) in [5, 5.41) is 7.62. The van der Waals surface area contributed by atoms with Gasteiger partial charge in [-0.25, -0.2) is 0 Å². The molecule has 0 saturated heterocycles. The lowest BCUT2D eigenvalue weighted by molar-refractivity contribution is -0.114. The van der Waals surface area contributed by atoms with Crippen LogP contribution in [0.1, 0.15) is 5.56 Å². The number of nitrogens with zero attached hydrogens (tertiary/aromatic N) is 1. The SMILES string of the molecule is Cc1ccc(Cl)cc1NC(=O)CNc1cccc2cccnc12. The van der Waals surface area contributed by atoms with E-state index >= 15 is 0 Å². The van der Waals surface area contributed by atoms with E-state index in [2.05, 4.69) is 15.6 Å². The number of para-hydroxylation sites is 1. The second-order valence-electron chi connectivity index (χ2n) is 5.24. The molecular weight excluding hydrogens is 310 g/mol. The zero-order valence-electron chi connectivity index (χ0n) is 12.6. The first kappa shape index (κ1) is 15.3. The van der Waals surface area contributed by atoms with Gasteiger partial charge in [0.25, 0.3) is 0 Å². The summed E-state index contributed by atoms with van der Waals surface area (Å²) in [6, 6.07) is 15.1. The topological polar surface area (TPSA) is 54.0 Å². The van der Waals surface area contributed by atoms with Crippen molar-refractivity contribution in [3.05, 3.63) is 65.3 Å². The van der Waals surface area contributed by atoms with Crippen LogP contribution in [-0.4, -0.2) is 17.4 Å². The summed E-state index contributed by atoms with van der Waals surface area (Å²) in [5.41, 5.74) is 3.37. The summed E-state index contributed by atoms with van der Waals surface area (Å²) >= 11 is 5.96. The van der Waals surface area contributed by atoms with Gasteiger partial charge in [-0.2, -0.15) is 0 Å². The quantitative estimate of drug-likeness (QED) is 0.754. The van der Waals surface area contributed by atoms with E-state index in [1.807, 2.05) is 43.3 Å². The Bertz CT molecular complexity index is 859. The lowest BCUT2D eigenvalue weighted by Gasteiger charge is -2.11. The fourth-order valence-electron chi connectivity index (χ4n) is 2.35. The van der Waals surface area contributed by atoms with Gasteiger partial charge in [-0.05, 0) is 36.8 Å². The first-order valence-corrected chi connectivity index (χ1v) is 7.65. The third-order valence-electron chi connectivity index (χ3n) is 3.55. The Morgan fingerprint density at radius 2 is 1.96 bits per heavy atom. The van der Waals surface area contributed by atoms with E-state index in [1.165, 1.54) is 0 Å². The number of carbonyl (C=O) groups excluding carboxylic acids is 1. The molecule has 5 heteroatoms. The molecule has 0 atom stereocenters. The number of hydrogen-bond donors (Lipinski definition) is 2. The average molecular weight is 326 g/mol. The number of nitrogens with one attached hydrogen (secondary N) is 2. The van der Waals surface area contributed by atoms with E-state index in [1.54, 1.807) is 18.3 Å². The molecule has 23 heavy (non-hydrogen) atoms. The Labute approximate surface area is 139 Å². The summed E-state index contributed by atoms with van der Waals surface area (Å²) in [4.78, 5) is 16.5. The van der Waals surface area contributed by atoms with Crippen molar-refractivity contribution in [2.24, 2.45) is 0 Å². The molecule has 0 spiro atoms. The number of anilines is 2. The molecular formula is C18H16ClN3O. The third kappa shape index (κ3) is 3.60. The summed E-state index contributed by atoms with van der Waals surface area (Å²) in [6.07, 6.45) is 1.74. The number of rotatable bonds is 4. The second-order valence-corrected chi connectivity index (χ2v) is 5.68. The number of amides is 1. The van der Waals surface area contributed by atoms with Gasteiger partial charge < -0.3 is 10.6 Å². The molecule has 0 saturated carbocycles. The predicted molar refractivity (Wildman–Crippen MR) is 95.1 cm³/mol. The zero-order chi connectivity index (χ0) is 16.2. The molecule has 0 aliphatic rings. The Balaban J connectivity index is 1.70. The smallest absolute Gasteiger partial charge is 0.243 e. The summed E-state index contributed by atoms with van der Waals surface area (Å²) in [6.45, 7) is 2.08. The minimum absolute atomic E-state index is 0.136. The Kier molecular flexibility index (Phi) is 4.44. The van der Waals surface area contributed by atoms with Crippen LogP contribution in [0.15, 0.2) is 54.7 Å². The third-order valence-corrected chi connectivity index (χ3v) is 3.78. The van der Waals surface area contributed by atoms with Gasteiger partial charge in [0.15, 0.2) is 0 Å². The maximum atomic E-state index is 12.1. The molecule has 0 fully saturated rings. The molecule has 116 valence electrons. The Morgan fingerprint density at radius 3 is 2.83 bits per heavy atom. The first-order chi connectivity index (χ1) is 11.1. The molecule has 1 aromatic heterocycles. The van der Waals surface area contributed by atoms with Crippen LogP contribution in [0.25, 0.3) is 10.9 Å². The lowest BCUT2D eigenvalue weighted by Crippen LogP contribution is -2.22. The number of halogens is 1. The maximum absolute atomic E-state index is 12.1. The molecule has 0 unspecified atom stereocenters. The van der Waals surface area contributed by atoms with Gasteiger partial charge in [-0.15, -0.1) is 0 Å². The minimum atomic E-state index is -0.136. The number of aromatic nitrogens is 1. The van der Waals surface area contributed by atoms with Crippen molar-refractivity contribution in [1.29, 1.82) is 0 Å². The molecule has 0 bridgehead atoms. The molecule has 1 heterocycles. The van der Waals surface area contributed by atoms with Crippen LogP contribution in [0.2, 0.25) is 5.02 Å². The van der Waals surface area contributed by atoms with Crippen LogP contribution in [0.4, 0.5) is 11.4 Å². The highest BCUT2D eigenvalue weighted by Gasteiger charge is 2.07. The summed E-state index contributed by atoms with van der Waals surface area (Å²) in [5.74, 6) is -0.136. The van der Waals surface area contributed by atoms with Crippen molar-refractivity contribution in [3.8, 4) is 0 Å². The number of fused-ring (bicyclic) bond motifs is 1. The molecule has 1 amide bonds. The van der Waals surface area contributed by atoms with Crippen molar-refractivity contribution < 1.29 is 4.79 Å². The van der Waals surface area contributed by atoms with E-state index in [0.717, 1.165) is 27.8 Å². The number of carbonyl (C=O) groups is 1.